The molecule has 28 heavy (non-hydrogen) atoms. The Balaban J connectivity index is 1.82. The second-order valence-electron chi connectivity index (χ2n) is 6.40. The van der Waals surface area contributed by atoms with E-state index in [0.717, 1.165) is 23.0 Å². The van der Waals surface area contributed by atoms with Crippen molar-refractivity contribution in [1.29, 1.82) is 0 Å². The van der Waals surface area contributed by atoms with E-state index in [9.17, 15) is 13.2 Å². The summed E-state index contributed by atoms with van der Waals surface area (Å²) in [6, 6.07) is 13.8. The third kappa shape index (κ3) is 5.26. The summed E-state index contributed by atoms with van der Waals surface area (Å²) in [5, 5.41) is 3.01. The molecule has 1 aromatic heterocycles. The Morgan fingerprint density at radius 3 is 2.71 bits per heavy atom. The number of nitrogens with one attached hydrogen (secondary N) is 3. The number of H-pyrrole nitrogens is 1. The Labute approximate surface area is 168 Å². The number of hydrogen-bond acceptors (Lipinski definition) is 5. The summed E-state index contributed by atoms with van der Waals surface area (Å²) >= 11 is 1.69. The summed E-state index contributed by atoms with van der Waals surface area (Å²) in [6.07, 6.45) is 3.80. The number of aromatic amines is 1. The molecule has 3 rings (SSSR count). The maximum atomic E-state index is 12.8. The molecule has 0 aliphatic carbocycles. The van der Waals surface area contributed by atoms with Crippen LogP contribution in [0.1, 0.15) is 28.6 Å². The van der Waals surface area contributed by atoms with E-state index in [1.807, 2.05) is 30.5 Å². The van der Waals surface area contributed by atoms with E-state index in [4.69, 9.17) is 0 Å². The lowest BCUT2D eigenvalue weighted by Crippen LogP contribution is -2.29. The number of rotatable bonds is 8. The number of carbonyl (C=O) groups is 1. The fraction of sp³-hybridized carbons (Fsp3) is 0.263. The fourth-order valence-corrected chi connectivity index (χ4v) is 3.86. The van der Waals surface area contributed by atoms with Crippen LogP contribution in [0.5, 0.6) is 0 Å². The van der Waals surface area contributed by atoms with Gasteiger partial charge in [-0.05, 0) is 48.8 Å². The van der Waals surface area contributed by atoms with Crippen molar-refractivity contribution in [2.45, 2.75) is 12.5 Å². The first-order chi connectivity index (χ1) is 13.4. The normalized spacial score (nSPS) is 12.6. The van der Waals surface area contributed by atoms with Crippen LogP contribution in [-0.2, 0) is 10.0 Å². The van der Waals surface area contributed by atoms with Gasteiger partial charge in [0.25, 0.3) is 5.91 Å². The molecule has 9 heteroatoms. The van der Waals surface area contributed by atoms with Crippen molar-refractivity contribution >= 4 is 44.4 Å². The zero-order valence-electron chi connectivity index (χ0n) is 15.6. The van der Waals surface area contributed by atoms with Crippen LogP contribution in [0.4, 0.5) is 5.69 Å². The number of sulfonamides is 1. The number of hydrogen-bond donors (Lipinski definition) is 3. The average Bonchev–Trinajstić information content (AvgIpc) is 3.07. The van der Waals surface area contributed by atoms with Crippen LogP contribution in [0.25, 0.3) is 11.0 Å². The van der Waals surface area contributed by atoms with Crippen molar-refractivity contribution in [3.8, 4) is 0 Å². The van der Waals surface area contributed by atoms with E-state index < -0.39 is 10.0 Å². The number of carbonyl (C=O) groups excluding carboxylic acids is 1. The summed E-state index contributed by atoms with van der Waals surface area (Å²) in [7, 11) is -3.41. The van der Waals surface area contributed by atoms with Crippen molar-refractivity contribution in [3.05, 3.63) is 59.9 Å². The van der Waals surface area contributed by atoms with Crippen LogP contribution in [0.2, 0.25) is 0 Å². The van der Waals surface area contributed by atoms with Gasteiger partial charge in [-0.25, -0.2) is 13.4 Å². The summed E-state index contributed by atoms with van der Waals surface area (Å²) in [5.74, 6) is 1.27. The fourth-order valence-electron chi connectivity index (χ4n) is 2.83. The minimum atomic E-state index is -3.41. The van der Waals surface area contributed by atoms with E-state index in [1.54, 1.807) is 30.0 Å². The molecule has 0 spiro atoms. The highest BCUT2D eigenvalue weighted by Gasteiger charge is 2.19. The molecule has 1 atom stereocenters. The smallest absolute Gasteiger partial charge is 0.251 e. The van der Waals surface area contributed by atoms with Gasteiger partial charge in [0, 0.05) is 11.3 Å². The van der Waals surface area contributed by atoms with Crippen LogP contribution in [0, 0.1) is 0 Å². The maximum absolute atomic E-state index is 12.8. The minimum Gasteiger partial charge on any atom is -0.342 e. The zero-order chi connectivity index (χ0) is 20.1. The van der Waals surface area contributed by atoms with Gasteiger partial charge in [0.05, 0.1) is 23.3 Å². The quantitative estimate of drug-likeness (QED) is 0.521. The molecule has 3 N–H and O–H groups in total. The van der Waals surface area contributed by atoms with Gasteiger partial charge >= 0.3 is 0 Å². The molecule has 0 radical (unpaired) electrons. The van der Waals surface area contributed by atoms with E-state index in [-0.39, 0.29) is 11.9 Å². The highest BCUT2D eigenvalue weighted by Crippen LogP contribution is 2.21. The van der Waals surface area contributed by atoms with Gasteiger partial charge in [0.2, 0.25) is 10.0 Å². The minimum absolute atomic E-state index is 0.279. The Kier molecular flexibility index (Phi) is 6.25. The standard InChI is InChI=1S/C19H22N4O3S2/c1-27-11-10-17(18-20-15-8-3-4-9-16(15)21-18)22-19(24)13-6-5-7-14(12-13)23-28(2,25)26/h3-9,12,17,23H,10-11H2,1-2H3,(H,20,21)(H,22,24). The molecule has 3 aromatic rings. The van der Waals surface area contributed by atoms with Gasteiger partial charge < -0.3 is 10.3 Å². The van der Waals surface area contributed by atoms with Crippen molar-refractivity contribution in [1.82, 2.24) is 15.3 Å². The van der Waals surface area contributed by atoms with Gasteiger partial charge in [0.15, 0.2) is 0 Å². The molecule has 0 saturated heterocycles. The van der Waals surface area contributed by atoms with E-state index in [1.165, 1.54) is 6.07 Å². The zero-order valence-corrected chi connectivity index (χ0v) is 17.2. The molecule has 148 valence electrons. The van der Waals surface area contributed by atoms with Gasteiger partial charge in [0.1, 0.15) is 5.82 Å². The lowest BCUT2D eigenvalue weighted by atomic mass is 10.1. The van der Waals surface area contributed by atoms with Gasteiger partial charge in [-0.2, -0.15) is 11.8 Å². The van der Waals surface area contributed by atoms with Crippen molar-refractivity contribution < 1.29 is 13.2 Å². The van der Waals surface area contributed by atoms with Crippen LogP contribution in [-0.4, -0.2) is 42.6 Å². The molecular formula is C19H22N4O3S2. The molecule has 0 aliphatic heterocycles. The number of fused-ring (bicyclic) bond motifs is 1. The lowest BCUT2D eigenvalue weighted by Gasteiger charge is -2.17. The van der Waals surface area contributed by atoms with Crippen LogP contribution in [0.15, 0.2) is 48.5 Å². The van der Waals surface area contributed by atoms with Crippen molar-refractivity contribution in [2.75, 3.05) is 23.0 Å². The Bertz CT molecular complexity index is 1050. The van der Waals surface area contributed by atoms with Crippen LogP contribution in [0.3, 0.4) is 0 Å². The van der Waals surface area contributed by atoms with Gasteiger partial charge in [-0.1, -0.05) is 18.2 Å². The SMILES string of the molecule is CSCCC(NC(=O)c1cccc(NS(C)(=O)=O)c1)c1nc2ccccc2[nH]1. The number of anilines is 1. The molecular weight excluding hydrogens is 396 g/mol. The number of aromatic nitrogens is 2. The highest BCUT2D eigenvalue weighted by atomic mass is 32.2. The van der Waals surface area contributed by atoms with E-state index >= 15 is 0 Å². The van der Waals surface area contributed by atoms with Crippen LogP contribution >= 0.6 is 11.8 Å². The summed E-state index contributed by atoms with van der Waals surface area (Å²) < 4.78 is 25.2. The molecule has 7 nitrogen and oxygen atoms in total. The van der Waals surface area contributed by atoms with Crippen LogP contribution < -0.4 is 10.0 Å². The summed E-state index contributed by atoms with van der Waals surface area (Å²) in [5.41, 5.74) is 2.49. The molecule has 0 bridgehead atoms. The maximum Gasteiger partial charge on any atom is 0.251 e. The molecule has 2 aromatic carbocycles. The van der Waals surface area contributed by atoms with Crippen molar-refractivity contribution in [2.24, 2.45) is 0 Å². The Morgan fingerprint density at radius 2 is 2.00 bits per heavy atom. The van der Waals surface area contributed by atoms with Gasteiger partial charge in [-0.15, -0.1) is 0 Å². The number of amides is 1. The van der Waals surface area contributed by atoms with E-state index in [2.05, 4.69) is 20.0 Å². The summed E-state index contributed by atoms with van der Waals surface area (Å²) in [4.78, 5) is 20.7. The monoisotopic (exact) mass is 418 g/mol. The van der Waals surface area contributed by atoms with E-state index in [0.29, 0.717) is 23.5 Å². The number of imidazole rings is 1. The average molecular weight is 419 g/mol. The third-order valence-electron chi connectivity index (χ3n) is 4.08. The first-order valence-corrected chi connectivity index (χ1v) is 12.0. The molecule has 0 aliphatic rings. The largest absolute Gasteiger partial charge is 0.342 e. The molecule has 1 amide bonds. The topological polar surface area (TPSA) is 104 Å². The number of nitrogens with zero attached hydrogens (tertiary/aromatic N) is 1. The number of benzene rings is 2. The number of thioether (sulfide) groups is 1. The highest BCUT2D eigenvalue weighted by molar-refractivity contribution is 7.98. The second kappa shape index (κ2) is 8.66. The summed E-state index contributed by atoms with van der Waals surface area (Å²) in [6.45, 7) is 0. The molecule has 1 heterocycles. The second-order valence-corrected chi connectivity index (χ2v) is 9.14. The lowest BCUT2D eigenvalue weighted by molar-refractivity contribution is 0.0934. The first-order valence-electron chi connectivity index (χ1n) is 8.68. The molecule has 0 fully saturated rings. The number of para-hydroxylation sites is 2. The predicted octanol–water partition coefficient (Wildman–Crippen LogP) is 3.16. The predicted molar refractivity (Wildman–Crippen MR) is 114 cm³/mol. The third-order valence-corrected chi connectivity index (χ3v) is 5.33. The van der Waals surface area contributed by atoms with Crippen molar-refractivity contribution in [3.63, 3.8) is 0 Å². The van der Waals surface area contributed by atoms with Gasteiger partial charge in [-0.3, -0.25) is 9.52 Å². The first kappa shape index (κ1) is 20.2. The Hall–Kier alpha value is -2.52. The Morgan fingerprint density at radius 1 is 1.21 bits per heavy atom. The molecule has 0 saturated carbocycles. The molecule has 1 unspecified atom stereocenters.